The predicted molar refractivity (Wildman–Crippen MR) is 78.1 cm³/mol. The fourth-order valence-corrected chi connectivity index (χ4v) is 1.56. The maximum absolute atomic E-state index is 11.9. The van der Waals surface area contributed by atoms with E-state index in [0.717, 1.165) is 6.42 Å². The second kappa shape index (κ2) is 7.83. The van der Waals surface area contributed by atoms with E-state index in [-0.39, 0.29) is 18.4 Å². The molecule has 1 aromatic carbocycles. The summed E-state index contributed by atoms with van der Waals surface area (Å²) in [5, 5.41) is 12.1. The van der Waals surface area contributed by atoms with Crippen LogP contribution in [0.25, 0.3) is 0 Å². The molecule has 0 spiro atoms. The van der Waals surface area contributed by atoms with Gasteiger partial charge in [-0.15, -0.1) is 0 Å². The summed E-state index contributed by atoms with van der Waals surface area (Å²) in [6.07, 6.45) is 1.18. The highest BCUT2D eigenvalue weighted by atomic mass is 35.5. The Morgan fingerprint density at radius 3 is 2.89 bits per heavy atom. The summed E-state index contributed by atoms with van der Waals surface area (Å²) in [4.78, 5) is 11.9. The molecule has 0 heterocycles. The van der Waals surface area contributed by atoms with E-state index in [2.05, 4.69) is 17.2 Å². The summed E-state index contributed by atoms with van der Waals surface area (Å²) < 4.78 is 0. The summed E-state index contributed by atoms with van der Waals surface area (Å²) in [6.45, 7) is 3.86. The first-order chi connectivity index (χ1) is 9.08. The third-order valence-corrected chi connectivity index (χ3v) is 2.99. The van der Waals surface area contributed by atoms with Crippen molar-refractivity contribution >= 4 is 23.2 Å². The molecule has 2 N–H and O–H groups in total. The Labute approximate surface area is 119 Å². The Kier molecular flexibility index (Phi) is 6.41. The van der Waals surface area contributed by atoms with Crippen molar-refractivity contribution in [3.8, 4) is 11.8 Å². The van der Waals surface area contributed by atoms with E-state index in [1.165, 1.54) is 0 Å². The number of aliphatic hydroxyl groups is 1. The third kappa shape index (κ3) is 4.94. The molecule has 0 radical (unpaired) electrons. The zero-order valence-corrected chi connectivity index (χ0v) is 11.9. The van der Waals surface area contributed by atoms with Gasteiger partial charge in [0.1, 0.15) is 0 Å². The molecular weight excluding hydrogens is 262 g/mol. The number of rotatable bonds is 4. The lowest BCUT2D eigenvalue weighted by atomic mass is 10.1. The van der Waals surface area contributed by atoms with Gasteiger partial charge >= 0.3 is 0 Å². The highest BCUT2D eigenvalue weighted by Crippen LogP contribution is 2.21. The normalized spacial score (nSPS) is 11.4. The van der Waals surface area contributed by atoms with Crippen molar-refractivity contribution in [2.24, 2.45) is 5.92 Å². The Morgan fingerprint density at radius 2 is 2.26 bits per heavy atom. The van der Waals surface area contributed by atoms with Crippen molar-refractivity contribution in [1.29, 1.82) is 0 Å². The van der Waals surface area contributed by atoms with Crippen molar-refractivity contribution < 1.29 is 9.90 Å². The lowest BCUT2D eigenvalue weighted by Crippen LogP contribution is -2.20. The first kappa shape index (κ1) is 15.6. The zero-order chi connectivity index (χ0) is 14.3. The summed E-state index contributed by atoms with van der Waals surface area (Å²) in [7, 11) is 0. The van der Waals surface area contributed by atoms with Crippen LogP contribution in [0.2, 0.25) is 5.02 Å². The van der Waals surface area contributed by atoms with Crippen LogP contribution in [0, 0.1) is 17.8 Å². The van der Waals surface area contributed by atoms with Crippen LogP contribution in [-0.2, 0) is 4.79 Å². The van der Waals surface area contributed by atoms with Crippen molar-refractivity contribution in [2.75, 3.05) is 11.9 Å². The molecule has 1 amide bonds. The van der Waals surface area contributed by atoms with Gasteiger partial charge in [-0.2, -0.15) is 0 Å². The number of aliphatic hydroxyl groups excluding tert-OH is 1. The molecular formula is C15H18ClNO2. The molecule has 19 heavy (non-hydrogen) atoms. The summed E-state index contributed by atoms with van der Waals surface area (Å²) in [5.74, 6) is 5.65. The van der Waals surface area contributed by atoms with Crippen molar-refractivity contribution in [3.05, 3.63) is 28.8 Å². The summed E-state index contributed by atoms with van der Waals surface area (Å²) >= 11 is 5.94. The van der Waals surface area contributed by atoms with E-state index >= 15 is 0 Å². The van der Waals surface area contributed by atoms with Crippen molar-refractivity contribution in [2.45, 2.75) is 26.7 Å². The van der Waals surface area contributed by atoms with Crippen LogP contribution in [0.3, 0.4) is 0 Å². The lowest BCUT2D eigenvalue weighted by Gasteiger charge is -2.11. The third-order valence-electron chi connectivity index (χ3n) is 2.76. The Balaban J connectivity index is 2.95. The highest BCUT2D eigenvalue weighted by Gasteiger charge is 2.12. The molecule has 0 aromatic heterocycles. The van der Waals surface area contributed by atoms with Gasteiger partial charge in [-0.1, -0.05) is 37.3 Å². The number of anilines is 1. The second-order valence-corrected chi connectivity index (χ2v) is 4.70. The topological polar surface area (TPSA) is 49.3 Å². The number of hydrogen-bond donors (Lipinski definition) is 2. The average molecular weight is 280 g/mol. The van der Waals surface area contributed by atoms with Gasteiger partial charge in [0.05, 0.1) is 12.3 Å². The van der Waals surface area contributed by atoms with E-state index < -0.39 is 0 Å². The number of carbonyl (C=O) groups excluding carboxylic acids is 1. The van der Waals surface area contributed by atoms with Crippen molar-refractivity contribution in [1.82, 2.24) is 0 Å². The van der Waals surface area contributed by atoms with Gasteiger partial charge in [-0.3, -0.25) is 4.79 Å². The van der Waals surface area contributed by atoms with Gasteiger partial charge in [-0.05, 0) is 24.6 Å². The van der Waals surface area contributed by atoms with Crippen molar-refractivity contribution in [3.63, 3.8) is 0 Å². The molecule has 4 heteroatoms. The first-order valence-electron chi connectivity index (χ1n) is 6.28. The van der Waals surface area contributed by atoms with Gasteiger partial charge in [0.2, 0.25) is 5.91 Å². The number of benzene rings is 1. The minimum Gasteiger partial charge on any atom is -0.395 e. The zero-order valence-electron chi connectivity index (χ0n) is 11.2. The van der Waals surface area contributed by atoms with Gasteiger partial charge in [0.15, 0.2) is 0 Å². The van der Waals surface area contributed by atoms with E-state index in [4.69, 9.17) is 16.7 Å². The Hall–Kier alpha value is -1.50. The van der Waals surface area contributed by atoms with Gasteiger partial charge in [0.25, 0.3) is 0 Å². The molecule has 3 nitrogen and oxygen atoms in total. The number of hydrogen-bond acceptors (Lipinski definition) is 2. The predicted octanol–water partition coefficient (Wildman–Crippen LogP) is 3.06. The molecule has 0 bridgehead atoms. The SMILES string of the molecule is CCC(C)C(=O)Nc1cc(Cl)ccc1C#CCCO. The highest BCUT2D eigenvalue weighted by molar-refractivity contribution is 6.31. The van der Waals surface area contributed by atoms with E-state index in [9.17, 15) is 4.79 Å². The molecule has 0 fully saturated rings. The fraction of sp³-hybridized carbons (Fsp3) is 0.400. The summed E-state index contributed by atoms with van der Waals surface area (Å²) in [6, 6.07) is 5.17. The average Bonchev–Trinajstić information content (AvgIpc) is 2.40. The molecule has 0 saturated heterocycles. The molecule has 0 aliphatic rings. The number of amides is 1. The smallest absolute Gasteiger partial charge is 0.227 e. The monoisotopic (exact) mass is 279 g/mol. The fourth-order valence-electron chi connectivity index (χ4n) is 1.38. The van der Waals surface area contributed by atoms with Crippen LogP contribution in [0.4, 0.5) is 5.69 Å². The Morgan fingerprint density at radius 1 is 1.53 bits per heavy atom. The van der Waals surface area contributed by atoms with Gasteiger partial charge in [-0.25, -0.2) is 0 Å². The standard InChI is InChI=1S/C15H18ClNO2/c1-3-11(2)15(19)17-14-10-13(16)8-7-12(14)6-4-5-9-18/h7-8,10-11,18H,3,5,9H2,1-2H3,(H,17,19). The maximum Gasteiger partial charge on any atom is 0.227 e. The van der Waals surface area contributed by atoms with Gasteiger partial charge in [0, 0.05) is 22.9 Å². The molecule has 102 valence electrons. The van der Waals surface area contributed by atoms with Gasteiger partial charge < -0.3 is 10.4 Å². The number of nitrogens with one attached hydrogen (secondary N) is 1. The molecule has 0 aliphatic heterocycles. The van der Waals surface area contributed by atoms with Crippen LogP contribution in [0.1, 0.15) is 32.3 Å². The molecule has 1 unspecified atom stereocenters. The maximum atomic E-state index is 11.9. The second-order valence-electron chi connectivity index (χ2n) is 4.26. The Bertz CT molecular complexity index is 503. The van der Waals surface area contributed by atoms with Crippen LogP contribution in [-0.4, -0.2) is 17.6 Å². The molecule has 1 aromatic rings. The number of carbonyl (C=O) groups is 1. The van der Waals surface area contributed by atoms with Crippen LogP contribution in [0.5, 0.6) is 0 Å². The molecule has 1 atom stereocenters. The first-order valence-corrected chi connectivity index (χ1v) is 6.66. The van der Waals surface area contributed by atoms with E-state index in [1.807, 2.05) is 13.8 Å². The largest absolute Gasteiger partial charge is 0.395 e. The van der Waals surface area contributed by atoms with E-state index in [1.54, 1.807) is 18.2 Å². The van der Waals surface area contributed by atoms with Crippen LogP contribution < -0.4 is 5.32 Å². The molecule has 0 saturated carbocycles. The van der Waals surface area contributed by atoms with Crippen LogP contribution in [0.15, 0.2) is 18.2 Å². The molecule has 1 rings (SSSR count). The minimum absolute atomic E-state index is 0.0230. The minimum atomic E-state index is -0.0581. The quantitative estimate of drug-likeness (QED) is 0.832. The lowest BCUT2D eigenvalue weighted by molar-refractivity contribution is -0.119. The summed E-state index contributed by atoms with van der Waals surface area (Å²) in [5.41, 5.74) is 1.32. The molecule has 0 aliphatic carbocycles. The van der Waals surface area contributed by atoms with Crippen LogP contribution >= 0.6 is 11.6 Å². The van der Waals surface area contributed by atoms with E-state index in [0.29, 0.717) is 22.7 Å². The number of halogens is 1.